The number of ether oxygens (including phenoxy) is 2. The predicted octanol–water partition coefficient (Wildman–Crippen LogP) is 5.38. The summed E-state index contributed by atoms with van der Waals surface area (Å²) in [5.41, 5.74) is 8.86. The van der Waals surface area contributed by atoms with Crippen molar-refractivity contribution in [2.24, 2.45) is 5.73 Å². The summed E-state index contributed by atoms with van der Waals surface area (Å²) in [7, 11) is 1.31. The molecule has 1 aliphatic heterocycles. The normalized spacial score (nSPS) is 14.8. The van der Waals surface area contributed by atoms with E-state index in [1.54, 1.807) is 47.4 Å². The number of methoxy groups -OCH3 is 1. The standard InChI is InChI=1S/C37H43N7O5.2ClH/c1-48-37(47)25-9-7-24(8-10-25)36(46)43(28-12-14-29(15-13-28)49-30-17-19-40-20-18-30)22-33-42-31-21-26(35(38)39)11-16-32(31)44(33)23-34(45)41-27-5-3-2-4-6-27;;/h7-16,21,27,30,40H,2-6,17-20,22-23H2,1H3,(H3,38,39)(H,41,45);2*1H. The molecule has 51 heavy (non-hydrogen) atoms. The van der Waals surface area contributed by atoms with E-state index >= 15 is 0 Å². The first-order chi connectivity index (χ1) is 23.8. The Morgan fingerprint density at radius 3 is 2.22 bits per heavy atom. The number of anilines is 1. The second kappa shape index (κ2) is 18.0. The zero-order valence-electron chi connectivity index (χ0n) is 28.6. The van der Waals surface area contributed by atoms with Crippen LogP contribution in [0.25, 0.3) is 11.0 Å². The molecule has 2 aliphatic rings. The summed E-state index contributed by atoms with van der Waals surface area (Å²) >= 11 is 0. The SMILES string of the molecule is COC(=O)c1ccc(C(=O)N(Cc2nc3cc(C(=N)N)ccc3n2CC(=O)NC2CCCCC2)c2ccc(OC3CCNCC3)cc2)cc1.Cl.Cl. The number of benzene rings is 3. The lowest BCUT2D eigenvalue weighted by Crippen LogP contribution is -2.39. The van der Waals surface area contributed by atoms with Gasteiger partial charge < -0.3 is 35.3 Å². The van der Waals surface area contributed by atoms with Gasteiger partial charge in [0.2, 0.25) is 5.91 Å². The number of nitrogens with one attached hydrogen (secondary N) is 3. The lowest BCUT2D eigenvalue weighted by atomic mass is 9.95. The Kier molecular flexibility index (Phi) is 13.8. The van der Waals surface area contributed by atoms with E-state index in [1.807, 2.05) is 28.8 Å². The van der Waals surface area contributed by atoms with Gasteiger partial charge in [-0.15, -0.1) is 24.8 Å². The van der Waals surface area contributed by atoms with Crippen LogP contribution in [0.5, 0.6) is 5.75 Å². The molecule has 1 aromatic heterocycles. The Labute approximate surface area is 309 Å². The quantitative estimate of drug-likeness (QED) is 0.0906. The van der Waals surface area contributed by atoms with Crippen molar-refractivity contribution in [2.75, 3.05) is 25.1 Å². The predicted molar refractivity (Wildman–Crippen MR) is 202 cm³/mol. The number of imidazole rings is 1. The van der Waals surface area contributed by atoms with E-state index in [0.29, 0.717) is 45.0 Å². The largest absolute Gasteiger partial charge is 0.490 e. The minimum atomic E-state index is -0.495. The molecule has 0 atom stereocenters. The molecule has 0 bridgehead atoms. The molecule has 1 saturated carbocycles. The molecule has 1 saturated heterocycles. The minimum absolute atomic E-state index is 0. The number of carbonyl (C=O) groups excluding carboxylic acids is 3. The first kappa shape index (κ1) is 39.1. The summed E-state index contributed by atoms with van der Waals surface area (Å²) in [4.78, 5) is 46.2. The molecule has 2 fully saturated rings. The zero-order chi connectivity index (χ0) is 34.3. The number of fused-ring (bicyclic) bond motifs is 1. The summed E-state index contributed by atoms with van der Waals surface area (Å²) < 4.78 is 12.9. The maximum atomic E-state index is 14.3. The minimum Gasteiger partial charge on any atom is -0.490 e. The van der Waals surface area contributed by atoms with Crippen molar-refractivity contribution in [3.63, 3.8) is 0 Å². The number of piperidine rings is 1. The van der Waals surface area contributed by atoms with E-state index in [9.17, 15) is 14.4 Å². The smallest absolute Gasteiger partial charge is 0.337 e. The van der Waals surface area contributed by atoms with Gasteiger partial charge in [0.15, 0.2) is 0 Å². The van der Waals surface area contributed by atoms with Gasteiger partial charge in [-0.2, -0.15) is 0 Å². The third-order valence-electron chi connectivity index (χ3n) is 9.25. The highest BCUT2D eigenvalue weighted by Crippen LogP contribution is 2.27. The zero-order valence-corrected chi connectivity index (χ0v) is 30.2. The number of halogens is 2. The molecule has 6 rings (SSSR count). The van der Waals surface area contributed by atoms with E-state index in [1.165, 1.54) is 13.5 Å². The van der Waals surface area contributed by atoms with Gasteiger partial charge in [-0.3, -0.25) is 15.0 Å². The first-order valence-corrected chi connectivity index (χ1v) is 16.9. The van der Waals surface area contributed by atoms with Gasteiger partial charge in [-0.25, -0.2) is 9.78 Å². The number of hydrogen-bond acceptors (Lipinski definition) is 8. The van der Waals surface area contributed by atoms with E-state index < -0.39 is 5.97 Å². The Bertz CT molecular complexity index is 1820. The van der Waals surface area contributed by atoms with Crippen molar-refractivity contribution in [1.82, 2.24) is 20.2 Å². The van der Waals surface area contributed by atoms with E-state index in [2.05, 4.69) is 10.6 Å². The van der Waals surface area contributed by atoms with Gasteiger partial charge >= 0.3 is 5.97 Å². The second-order valence-electron chi connectivity index (χ2n) is 12.7. The van der Waals surface area contributed by atoms with Crippen molar-refractivity contribution in [3.8, 4) is 5.75 Å². The average molecular weight is 739 g/mol. The number of carbonyl (C=O) groups is 3. The lowest BCUT2D eigenvalue weighted by Gasteiger charge is -2.26. The number of amidine groups is 1. The summed E-state index contributed by atoms with van der Waals surface area (Å²) in [6, 6.07) is 19.1. The van der Waals surface area contributed by atoms with Crippen molar-refractivity contribution in [1.29, 1.82) is 5.41 Å². The maximum Gasteiger partial charge on any atom is 0.337 e. The van der Waals surface area contributed by atoms with Crippen molar-refractivity contribution >= 4 is 65.2 Å². The highest BCUT2D eigenvalue weighted by atomic mass is 35.5. The molecule has 2 heterocycles. The van der Waals surface area contributed by atoms with Gasteiger partial charge in [-0.1, -0.05) is 19.3 Å². The summed E-state index contributed by atoms with van der Waals surface area (Å²) in [6.07, 6.45) is 7.25. The Balaban J connectivity index is 0.00000292. The third-order valence-corrected chi connectivity index (χ3v) is 9.25. The number of nitrogens with zero attached hydrogens (tertiary/aromatic N) is 3. The maximum absolute atomic E-state index is 14.3. The van der Waals surface area contributed by atoms with Crippen LogP contribution in [-0.2, 0) is 22.6 Å². The number of amides is 2. The number of nitrogens with two attached hydrogens (primary N) is 1. The van der Waals surface area contributed by atoms with Gasteiger partial charge in [0.25, 0.3) is 5.91 Å². The molecule has 0 radical (unpaired) electrons. The van der Waals surface area contributed by atoms with Gasteiger partial charge in [0.1, 0.15) is 30.1 Å². The summed E-state index contributed by atoms with van der Waals surface area (Å²) in [6.45, 7) is 1.87. The fourth-order valence-corrected chi connectivity index (χ4v) is 6.56. The monoisotopic (exact) mass is 737 g/mol. The summed E-state index contributed by atoms with van der Waals surface area (Å²) in [5.74, 6) is 0.173. The number of nitrogen functional groups attached to an aromatic ring is 1. The Morgan fingerprint density at radius 2 is 1.57 bits per heavy atom. The van der Waals surface area contributed by atoms with Crippen LogP contribution in [0, 0.1) is 5.41 Å². The fourth-order valence-electron chi connectivity index (χ4n) is 6.56. The summed E-state index contributed by atoms with van der Waals surface area (Å²) in [5, 5.41) is 14.5. The fraction of sp³-hybridized carbons (Fsp3) is 0.378. The van der Waals surface area contributed by atoms with Crippen molar-refractivity contribution < 1.29 is 23.9 Å². The van der Waals surface area contributed by atoms with Crippen LogP contribution in [0.3, 0.4) is 0 Å². The second-order valence-corrected chi connectivity index (χ2v) is 12.7. The molecule has 2 amide bonds. The number of aromatic nitrogens is 2. The van der Waals surface area contributed by atoms with Gasteiger partial charge in [0.05, 0.1) is 30.3 Å². The van der Waals surface area contributed by atoms with Crippen LogP contribution in [0.4, 0.5) is 5.69 Å². The molecule has 14 heteroatoms. The molecular weight excluding hydrogens is 693 g/mol. The van der Waals surface area contributed by atoms with Crippen molar-refractivity contribution in [3.05, 3.63) is 89.2 Å². The van der Waals surface area contributed by atoms with Crippen LogP contribution in [0.1, 0.15) is 77.0 Å². The topological polar surface area (TPSA) is 165 Å². The van der Waals surface area contributed by atoms with Crippen molar-refractivity contribution in [2.45, 2.75) is 70.2 Å². The molecule has 12 nitrogen and oxygen atoms in total. The van der Waals surface area contributed by atoms with Gasteiger partial charge in [-0.05, 0) is 106 Å². The number of esters is 1. The third kappa shape index (κ3) is 9.57. The molecule has 0 spiro atoms. The average Bonchev–Trinajstić information content (AvgIpc) is 3.46. The van der Waals surface area contributed by atoms with Crippen LogP contribution in [0.15, 0.2) is 66.7 Å². The highest BCUT2D eigenvalue weighted by molar-refractivity contribution is 6.06. The number of hydrogen-bond donors (Lipinski definition) is 4. The molecule has 4 aromatic rings. The van der Waals surface area contributed by atoms with Gasteiger partial charge in [0, 0.05) is 22.9 Å². The molecule has 272 valence electrons. The molecule has 0 unspecified atom stereocenters. The van der Waals surface area contributed by atoms with E-state index in [0.717, 1.165) is 51.6 Å². The molecular formula is C37H45Cl2N7O5. The molecule has 1 aliphatic carbocycles. The first-order valence-electron chi connectivity index (χ1n) is 16.9. The highest BCUT2D eigenvalue weighted by Gasteiger charge is 2.25. The number of rotatable bonds is 11. The molecule has 5 N–H and O–H groups in total. The van der Waals surface area contributed by atoms with Crippen LogP contribution in [-0.4, -0.2) is 65.5 Å². The van der Waals surface area contributed by atoms with E-state index in [-0.39, 0.29) is 67.7 Å². The Morgan fingerprint density at radius 1 is 0.922 bits per heavy atom. The van der Waals surface area contributed by atoms with Crippen LogP contribution < -0.4 is 26.0 Å². The Hall–Kier alpha value is -4.65. The van der Waals surface area contributed by atoms with Crippen LogP contribution >= 0.6 is 24.8 Å². The van der Waals surface area contributed by atoms with E-state index in [4.69, 9.17) is 25.6 Å². The van der Waals surface area contributed by atoms with Crippen LogP contribution in [0.2, 0.25) is 0 Å². The lowest BCUT2D eigenvalue weighted by molar-refractivity contribution is -0.122. The molecule has 3 aromatic carbocycles.